The molecule has 1 unspecified atom stereocenters. The molecule has 0 aliphatic rings. The molecule has 0 radical (unpaired) electrons. The van der Waals surface area contributed by atoms with E-state index in [0.29, 0.717) is 17.5 Å². The Morgan fingerprint density at radius 3 is 2.67 bits per heavy atom. The van der Waals surface area contributed by atoms with Gasteiger partial charge in [0.05, 0.1) is 30.0 Å². The molecule has 0 bridgehead atoms. The molecule has 1 aromatic carbocycles. The van der Waals surface area contributed by atoms with Gasteiger partial charge in [-0.2, -0.15) is 0 Å². The minimum Gasteiger partial charge on any atom is -0.478 e. The molecule has 2 rings (SSSR count). The Balaban J connectivity index is 2.62. The van der Waals surface area contributed by atoms with Gasteiger partial charge in [0.2, 0.25) is 0 Å². The highest BCUT2D eigenvalue weighted by atomic mass is 16.5. The van der Waals surface area contributed by atoms with E-state index < -0.39 is 18.0 Å². The minimum absolute atomic E-state index is 0.127. The molecule has 0 fully saturated rings. The van der Waals surface area contributed by atoms with E-state index in [2.05, 4.69) is 4.98 Å². The lowest BCUT2D eigenvalue weighted by Crippen LogP contribution is -2.22. The Hall–Kier alpha value is -2.37. The van der Waals surface area contributed by atoms with Crippen LogP contribution in [0.5, 0.6) is 0 Å². The number of benzene rings is 1. The second-order valence-corrected chi connectivity index (χ2v) is 5.30. The van der Waals surface area contributed by atoms with Crippen molar-refractivity contribution < 1.29 is 19.4 Å². The van der Waals surface area contributed by atoms with Crippen LogP contribution in [0.4, 0.5) is 0 Å². The van der Waals surface area contributed by atoms with E-state index in [0.717, 1.165) is 0 Å². The quantitative estimate of drug-likeness (QED) is 0.856. The number of imidazole rings is 1. The summed E-state index contributed by atoms with van der Waals surface area (Å²) in [5, 5.41) is 9.33. The van der Waals surface area contributed by atoms with Crippen molar-refractivity contribution in [2.75, 3.05) is 7.11 Å². The molecule has 0 spiro atoms. The number of para-hydroxylation sites is 1. The van der Waals surface area contributed by atoms with E-state index in [1.165, 1.54) is 19.5 Å². The van der Waals surface area contributed by atoms with Crippen LogP contribution < -0.4 is 0 Å². The molecule has 2 aromatic rings. The summed E-state index contributed by atoms with van der Waals surface area (Å²) in [5.41, 5.74) is 1.12. The number of aromatic nitrogens is 2. The number of hydrogen-bond donors (Lipinski definition) is 1. The van der Waals surface area contributed by atoms with Gasteiger partial charge in [0.25, 0.3) is 0 Å². The van der Waals surface area contributed by atoms with Gasteiger partial charge >= 0.3 is 11.9 Å². The Bertz CT molecular complexity index is 675. The first kappa shape index (κ1) is 15.0. The summed E-state index contributed by atoms with van der Waals surface area (Å²) < 4.78 is 6.45. The fourth-order valence-electron chi connectivity index (χ4n) is 2.40. The SMILES string of the molecule is COC(=O)C(CC(C)C)n1cnc2cccc(C(=O)O)c21. The van der Waals surface area contributed by atoms with Gasteiger partial charge in [-0.25, -0.2) is 14.6 Å². The first-order chi connectivity index (χ1) is 9.95. The Labute approximate surface area is 122 Å². The number of carboxylic acids is 1. The van der Waals surface area contributed by atoms with E-state index in [1.807, 2.05) is 13.8 Å². The second-order valence-electron chi connectivity index (χ2n) is 5.30. The molecule has 1 aromatic heterocycles. The van der Waals surface area contributed by atoms with Crippen molar-refractivity contribution in [3.63, 3.8) is 0 Å². The van der Waals surface area contributed by atoms with Gasteiger partial charge in [0.15, 0.2) is 0 Å². The summed E-state index contributed by atoms with van der Waals surface area (Å²) in [6.45, 7) is 3.99. The van der Waals surface area contributed by atoms with Crippen molar-refractivity contribution >= 4 is 23.0 Å². The number of carbonyl (C=O) groups excluding carboxylic acids is 1. The fraction of sp³-hybridized carbons (Fsp3) is 0.400. The zero-order chi connectivity index (χ0) is 15.6. The molecule has 1 N–H and O–H groups in total. The lowest BCUT2D eigenvalue weighted by Gasteiger charge is -2.19. The van der Waals surface area contributed by atoms with Crippen LogP contribution in [0.25, 0.3) is 11.0 Å². The van der Waals surface area contributed by atoms with E-state index >= 15 is 0 Å². The topological polar surface area (TPSA) is 81.4 Å². The van der Waals surface area contributed by atoms with Gasteiger partial charge in [0.1, 0.15) is 6.04 Å². The number of rotatable bonds is 5. The number of aromatic carboxylic acids is 1. The average molecular weight is 290 g/mol. The Kier molecular flexibility index (Phi) is 4.26. The summed E-state index contributed by atoms with van der Waals surface area (Å²) in [6, 6.07) is 4.29. The molecular formula is C15H18N2O4. The van der Waals surface area contributed by atoms with Crippen LogP contribution in [0.1, 0.15) is 36.7 Å². The van der Waals surface area contributed by atoms with Gasteiger partial charge in [-0.15, -0.1) is 0 Å². The normalized spacial score (nSPS) is 12.6. The summed E-state index contributed by atoms with van der Waals surface area (Å²) in [5.74, 6) is -1.19. The first-order valence-corrected chi connectivity index (χ1v) is 6.72. The summed E-state index contributed by atoms with van der Waals surface area (Å²) >= 11 is 0. The van der Waals surface area contributed by atoms with Crippen molar-refractivity contribution in [3.05, 3.63) is 30.1 Å². The Morgan fingerprint density at radius 2 is 2.10 bits per heavy atom. The fourth-order valence-corrected chi connectivity index (χ4v) is 2.40. The summed E-state index contributed by atoms with van der Waals surface area (Å²) in [4.78, 5) is 27.6. The van der Waals surface area contributed by atoms with Gasteiger partial charge in [-0.3, -0.25) is 0 Å². The Morgan fingerprint density at radius 1 is 1.38 bits per heavy atom. The number of ether oxygens (including phenoxy) is 1. The molecular weight excluding hydrogens is 272 g/mol. The van der Waals surface area contributed by atoms with E-state index in [9.17, 15) is 14.7 Å². The number of carboxylic acid groups (broad SMARTS) is 1. The van der Waals surface area contributed by atoms with Gasteiger partial charge in [0, 0.05) is 0 Å². The third-order valence-electron chi connectivity index (χ3n) is 3.33. The van der Waals surface area contributed by atoms with E-state index in [1.54, 1.807) is 16.7 Å². The maximum atomic E-state index is 12.1. The van der Waals surface area contributed by atoms with Crippen LogP contribution >= 0.6 is 0 Å². The maximum Gasteiger partial charge on any atom is 0.337 e. The number of carbonyl (C=O) groups is 2. The van der Waals surface area contributed by atoms with Gasteiger partial charge < -0.3 is 14.4 Å². The standard InChI is InChI=1S/C15H18N2O4/c1-9(2)7-12(15(20)21-3)17-8-16-11-6-4-5-10(13(11)17)14(18)19/h4-6,8-9,12H,7H2,1-3H3,(H,18,19). The van der Waals surface area contributed by atoms with Crippen LogP contribution in [-0.2, 0) is 9.53 Å². The van der Waals surface area contributed by atoms with E-state index in [4.69, 9.17) is 4.74 Å². The molecule has 21 heavy (non-hydrogen) atoms. The average Bonchev–Trinajstić information content (AvgIpc) is 2.87. The van der Waals surface area contributed by atoms with Crippen LogP contribution in [-0.4, -0.2) is 33.7 Å². The minimum atomic E-state index is -1.05. The van der Waals surface area contributed by atoms with Crippen LogP contribution in [0.2, 0.25) is 0 Å². The molecule has 1 heterocycles. The van der Waals surface area contributed by atoms with Crippen molar-refractivity contribution in [3.8, 4) is 0 Å². The van der Waals surface area contributed by atoms with Crippen LogP contribution in [0.3, 0.4) is 0 Å². The van der Waals surface area contributed by atoms with Crippen molar-refractivity contribution in [2.24, 2.45) is 5.92 Å². The highest BCUT2D eigenvalue weighted by molar-refractivity contribution is 6.01. The lowest BCUT2D eigenvalue weighted by atomic mass is 10.0. The monoisotopic (exact) mass is 290 g/mol. The predicted octanol–water partition coefficient (Wildman–Crippen LogP) is 2.49. The second kappa shape index (κ2) is 5.95. The first-order valence-electron chi connectivity index (χ1n) is 6.72. The van der Waals surface area contributed by atoms with Crippen molar-refractivity contribution in [2.45, 2.75) is 26.3 Å². The molecule has 6 nitrogen and oxygen atoms in total. The van der Waals surface area contributed by atoms with Crippen LogP contribution in [0.15, 0.2) is 24.5 Å². The van der Waals surface area contributed by atoms with E-state index in [-0.39, 0.29) is 11.5 Å². The molecule has 0 aliphatic carbocycles. The summed E-state index contributed by atoms with van der Waals surface area (Å²) in [6.07, 6.45) is 2.05. The molecule has 6 heteroatoms. The van der Waals surface area contributed by atoms with Crippen molar-refractivity contribution in [1.82, 2.24) is 9.55 Å². The van der Waals surface area contributed by atoms with Gasteiger partial charge in [-0.1, -0.05) is 19.9 Å². The highest BCUT2D eigenvalue weighted by Gasteiger charge is 2.26. The molecule has 1 atom stereocenters. The van der Waals surface area contributed by atoms with Crippen LogP contribution in [0, 0.1) is 5.92 Å². The number of hydrogen-bond acceptors (Lipinski definition) is 4. The third-order valence-corrected chi connectivity index (χ3v) is 3.33. The lowest BCUT2D eigenvalue weighted by molar-refractivity contribution is -0.145. The third kappa shape index (κ3) is 2.89. The number of methoxy groups -OCH3 is 1. The maximum absolute atomic E-state index is 12.1. The zero-order valence-corrected chi connectivity index (χ0v) is 12.2. The molecule has 0 aliphatic heterocycles. The molecule has 0 saturated carbocycles. The molecule has 0 amide bonds. The highest BCUT2D eigenvalue weighted by Crippen LogP contribution is 2.26. The summed E-state index contributed by atoms with van der Waals surface area (Å²) in [7, 11) is 1.33. The predicted molar refractivity (Wildman–Crippen MR) is 77.2 cm³/mol. The zero-order valence-electron chi connectivity index (χ0n) is 12.2. The smallest absolute Gasteiger partial charge is 0.337 e. The number of esters is 1. The molecule has 112 valence electrons. The number of fused-ring (bicyclic) bond motifs is 1. The number of nitrogens with zero attached hydrogens (tertiary/aromatic N) is 2. The molecule has 0 saturated heterocycles. The van der Waals surface area contributed by atoms with Gasteiger partial charge in [-0.05, 0) is 24.5 Å². The van der Waals surface area contributed by atoms with Crippen molar-refractivity contribution in [1.29, 1.82) is 0 Å². The largest absolute Gasteiger partial charge is 0.478 e.